The minimum absolute atomic E-state index is 0.238. The monoisotopic (exact) mass is 141 g/mol. The quantitative estimate of drug-likeness (QED) is 0.583. The van der Waals surface area contributed by atoms with Crippen LogP contribution in [-0.4, -0.2) is 11.9 Å². The van der Waals surface area contributed by atoms with Crippen LogP contribution in [-0.2, 0) is 4.79 Å². The molecule has 1 heterocycles. The van der Waals surface area contributed by atoms with Crippen LogP contribution in [0.2, 0.25) is 0 Å². The van der Waals surface area contributed by atoms with Crippen LogP contribution in [0.25, 0.3) is 0 Å². The van der Waals surface area contributed by atoms with Gasteiger partial charge in [-0.2, -0.15) is 0 Å². The van der Waals surface area contributed by atoms with Crippen molar-refractivity contribution in [3.05, 3.63) is 0 Å². The van der Waals surface area contributed by atoms with Gasteiger partial charge >= 0.3 is 0 Å². The first-order valence-electron chi connectivity index (χ1n) is 3.91. The van der Waals surface area contributed by atoms with E-state index in [1.165, 1.54) is 0 Å². The minimum Gasteiger partial charge on any atom is -0.353 e. The zero-order valence-corrected chi connectivity index (χ0v) is 6.85. The largest absolute Gasteiger partial charge is 0.353 e. The molecule has 1 amide bonds. The molecule has 58 valence electrons. The summed E-state index contributed by atoms with van der Waals surface area (Å²) in [6.45, 7) is 6.25. The van der Waals surface area contributed by atoms with E-state index in [1.807, 2.05) is 0 Å². The van der Waals surface area contributed by atoms with Crippen molar-refractivity contribution in [1.82, 2.24) is 5.32 Å². The Hall–Kier alpha value is -0.530. The fourth-order valence-electron chi connectivity index (χ4n) is 1.47. The second-order valence-corrected chi connectivity index (χ2v) is 3.50. The van der Waals surface area contributed by atoms with Crippen molar-refractivity contribution in [2.75, 3.05) is 0 Å². The molecule has 2 unspecified atom stereocenters. The molecule has 10 heavy (non-hydrogen) atoms. The molecule has 1 N–H and O–H groups in total. The lowest BCUT2D eigenvalue weighted by Crippen LogP contribution is -2.25. The molecule has 0 aliphatic carbocycles. The normalized spacial score (nSPS) is 33.0. The Bertz CT molecular complexity index is 142. The zero-order chi connectivity index (χ0) is 7.72. The molecule has 1 aliphatic rings. The summed E-state index contributed by atoms with van der Waals surface area (Å²) in [4.78, 5) is 11.1. The van der Waals surface area contributed by atoms with E-state index < -0.39 is 0 Å². The molecule has 0 aromatic heterocycles. The van der Waals surface area contributed by atoms with Crippen molar-refractivity contribution in [3.63, 3.8) is 0 Å². The summed E-state index contributed by atoms with van der Waals surface area (Å²) in [5.74, 6) is 0.988. The lowest BCUT2D eigenvalue weighted by Gasteiger charge is -2.09. The molecule has 1 rings (SSSR count). The van der Waals surface area contributed by atoms with Crippen molar-refractivity contribution in [2.24, 2.45) is 11.8 Å². The van der Waals surface area contributed by atoms with Crippen molar-refractivity contribution >= 4 is 5.91 Å². The average Bonchev–Trinajstić information content (AvgIpc) is 2.10. The third kappa shape index (κ3) is 1.31. The first-order valence-corrected chi connectivity index (χ1v) is 3.91. The highest BCUT2D eigenvalue weighted by Gasteiger charge is 2.30. The third-order valence-corrected chi connectivity index (χ3v) is 2.14. The lowest BCUT2D eigenvalue weighted by atomic mass is 9.93. The highest BCUT2D eigenvalue weighted by molar-refractivity contribution is 5.81. The van der Waals surface area contributed by atoms with E-state index in [1.54, 1.807) is 0 Å². The summed E-state index contributed by atoms with van der Waals surface area (Å²) >= 11 is 0. The number of nitrogens with one attached hydrogen (secondary N) is 1. The van der Waals surface area contributed by atoms with Gasteiger partial charge < -0.3 is 5.32 Å². The van der Waals surface area contributed by atoms with Crippen LogP contribution in [0, 0.1) is 11.8 Å². The smallest absolute Gasteiger partial charge is 0.223 e. The summed E-state index contributed by atoms with van der Waals surface area (Å²) in [5.41, 5.74) is 0. The van der Waals surface area contributed by atoms with Crippen LogP contribution in [0.3, 0.4) is 0 Å². The highest BCUT2D eigenvalue weighted by Crippen LogP contribution is 2.22. The Labute approximate surface area is 62.0 Å². The Morgan fingerprint density at radius 2 is 2.20 bits per heavy atom. The SMILES string of the molecule is CC1CC(C(C)C)C(=O)N1. The van der Waals surface area contributed by atoms with Gasteiger partial charge in [0.1, 0.15) is 0 Å². The number of carbonyl (C=O) groups is 1. The number of carbonyl (C=O) groups excluding carboxylic acids is 1. The minimum atomic E-state index is 0.238. The van der Waals surface area contributed by atoms with E-state index in [9.17, 15) is 4.79 Å². The molecule has 0 saturated carbocycles. The first kappa shape index (κ1) is 7.58. The Morgan fingerprint density at radius 3 is 2.40 bits per heavy atom. The van der Waals surface area contributed by atoms with Gasteiger partial charge in [0.25, 0.3) is 0 Å². The fourth-order valence-corrected chi connectivity index (χ4v) is 1.47. The van der Waals surface area contributed by atoms with E-state index in [2.05, 4.69) is 26.1 Å². The predicted octanol–water partition coefficient (Wildman–Crippen LogP) is 1.17. The van der Waals surface area contributed by atoms with E-state index >= 15 is 0 Å². The molecule has 0 aromatic rings. The highest BCUT2D eigenvalue weighted by atomic mass is 16.2. The number of hydrogen-bond acceptors (Lipinski definition) is 1. The summed E-state index contributed by atoms with van der Waals surface area (Å²) in [5, 5.41) is 2.91. The van der Waals surface area contributed by atoms with Crippen LogP contribution in [0.4, 0.5) is 0 Å². The van der Waals surface area contributed by atoms with Gasteiger partial charge in [-0.25, -0.2) is 0 Å². The van der Waals surface area contributed by atoms with Gasteiger partial charge in [-0.3, -0.25) is 4.79 Å². The number of amides is 1. The zero-order valence-electron chi connectivity index (χ0n) is 6.85. The second kappa shape index (κ2) is 2.60. The van der Waals surface area contributed by atoms with Crippen molar-refractivity contribution in [1.29, 1.82) is 0 Å². The molecule has 0 spiro atoms. The summed E-state index contributed by atoms with van der Waals surface area (Å²) < 4.78 is 0. The van der Waals surface area contributed by atoms with Gasteiger partial charge in [-0.05, 0) is 19.3 Å². The maximum absolute atomic E-state index is 11.1. The lowest BCUT2D eigenvalue weighted by molar-refractivity contribution is -0.123. The molecular formula is C8H15NO. The molecule has 0 aromatic carbocycles. The van der Waals surface area contributed by atoms with E-state index in [0.29, 0.717) is 12.0 Å². The maximum Gasteiger partial charge on any atom is 0.223 e. The maximum atomic E-state index is 11.1. The summed E-state index contributed by atoms with van der Waals surface area (Å²) in [7, 11) is 0. The summed E-state index contributed by atoms with van der Waals surface area (Å²) in [6.07, 6.45) is 1.01. The van der Waals surface area contributed by atoms with E-state index in [0.717, 1.165) is 6.42 Å². The predicted molar refractivity (Wildman–Crippen MR) is 40.5 cm³/mol. The molecule has 0 radical (unpaired) electrons. The van der Waals surface area contributed by atoms with Gasteiger partial charge in [0.05, 0.1) is 0 Å². The van der Waals surface area contributed by atoms with Gasteiger partial charge in [0.2, 0.25) is 5.91 Å². The summed E-state index contributed by atoms with van der Waals surface area (Å²) in [6, 6.07) is 0.389. The Balaban J connectivity index is 2.55. The van der Waals surface area contributed by atoms with Crippen LogP contribution >= 0.6 is 0 Å². The second-order valence-electron chi connectivity index (χ2n) is 3.50. The van der Waals surface area contributed by atoms with Gasteiger partial charge in [0.15, 0.2) is 0 Å². The fraction of sp³-hybridized carbons (Fsp3) is 0.875. The topological polar surface area (TPSA) is 29.1 Å². The third-order valence-electron chi connectivity index (χ3n) is 2.14. The number of hydrogen-bond donors (Lipinski definition) is 1. The van der Waals surface area contributed by atoms with Gasteiger partial charge in [-0.1, -0.05) is 13.8 Å². The van der Waals surface area contributed by atoms with Crippen molar-refractivity contribution in [3.8, 4) is 0 Å². The van der Waals surface area contributed by atoms with Gasteiger partial charge in [0, 0.05) is 12.0 Å². The Morgan fingerprint density at radius 1 is 1.60 bits per heavy atom. The molecule has 2 nitrogen and oxygen atoms in total. The van der Waals surface area contributed by atoms with Gasteiger partial charge in [-0.15, -0.1) is 0 Å². The first-order chi connectivity index (χ1) is 4.61. The molecule has 1 saturated heterocycles. The molecule has 1 aliphatic heterocycles. The van der Waals surface area contributed by atoms with Crippen LogP contribution in [0.15, 0.2) is 0 Å². The molecular weight excluding hydrogens is 126 g/mol. The van der Waals surface area contributed by atoms with E-state index in [-0.39, 0.29) is 11.8 Å². The van der Waals surface area contributed by atoms with Crippen molar-refractivity contribution in [2.45, 2.75) is 33.2 Å². The molecule has 2 atom stereocenters. The molecule has 1 fully saturated rings. The van der Waals surface area contributed by atoms with Crippen LogP contribution in [0.1, 0.15) is 27.2 Å². The molecule has 2 heteroatoms. The standard InChI is InChI=1S/C8H15NO/c1-5(2)7-4-6(3)9-8(7)10/h5-7H,4H2,1-3H3,(H,9,10). The van der Waals surface area contributed by atoms with E-state index in [4.69, 9.17) is 0 Å². The Kier molecular flexibility index (Phi) is 1.97. The molecule has 0 bridgehead atoms. The average molecular weight is 141 g/mol. The van der Waals surface area contributed by atoms with Crippen LogP contribution in [0.5, 0.6) is 0 Å². The van der Waals surface area contributed by atoms with Crippen LogP contribution < -0.4 is 5.32 Å². The van der Waals surface area contributed by atoms with Crippen molar-refractivity contribution < 1.29 is 4.79 Å². The number of rotatable bonds is 1.